The highest BCUT2D eigenvalue weighted by Crippen LogP contribution is 2.53. The van der Waals surface area contributed by atoms with Crippen LogP contribution in [0.15, 0.2) is 24.5 Å². The first-order chi connectivity index (χ1) is 6.59. The van der Waals surface area contributed by atoms with Crippen molar-refractivity contribution in [3.05, 3.63) is 30.1 Å². The zero-order valence-corrected chi connectivity index (χ0v) is 8.90. The van der Waals surface area contributed by atoms with E-state index >= 15 is 0 Å². The molecule has 2 unspecified atom stereocenters. The number of aromatic nitrogens is 1. The molecule has 76 valence electrons. The van der Waals surface area contributed by atoms with Gasteiger partial charge in [-0.25, -0.2) is 0 Å². The van der Waals surface area contributed by atoms with Crippen LogP contribution in [0, 0.1) is 11.3 Å². The van der Waals surface area contributed by atoms with E-state index in [4.69, 9.17) is 5.73 Å². The lowest BCUT2D eigenvalue weighted by Crippen LogP contribution is -2.27. The molecular weight excluding hydrogens is 172 g/mol. The molecule has 2 nitrogen and oxygen atoms in total. The van der Waals surface area contributed by atoms with Crippen LogP contribution in [0.2, 0.25) is 0 Å². The molecule has 1 aromatic rings. The molecule has 2 heteroatoms. The first kappa shape index (κ1) is 9.66. The Morgan fingerprint density at radius 2 is 2.36 bits per heavy atom. The summed E-state index contributed by atoms with van der Waals surface area (Å²) in [5.41, 5.74) is 7.89. The third kappa shape index (κ3) is 1.95. The molecule has 0 radical (unpaired) electrons. The van der Waals surface area contributed by atoms with Gasteiger partial charge in [0.2, 0.25) is 0 Å². The van der Waals surface area contributed by atoms with Crippen molar-refractivity contribution in [1.29, 1.82) is 0 Å². The molecule has 0 saturated heterocycles. The smallest absolute Gasteiger partial charge is 0.0300 e. The fraction of sp³-hybridized carbons (Fsp3) is 0.583. The molecule has 2 N–H and O–H groups in total. The largest absolute Gasteiger partial charge is 0.327 e. The zero-order chi connectivity index (χ0) is 10.2. The van der Waals surface area contributed by atoms with Crippen molar-refractivity contribution >= 4 is 0 Å². The number of hydrogen-bond donors (Lipinski definition) is 1. The Bertz CT molecular complexity index is 305. The van der Waals surface area contributed by atoms with E-state index in [0.717, 1.165) is 6.42 Å². The quantitative estimate of drug-likeness (QED) is 0.791. The summed E-state index contributed by atoms with van der Waals surface area (Å²) in [5, 5.41) is 0. The van der Waals surface area contributed by atoms with E-state index in [1.165, 1.54) is 12.0 Å². The van der Waals surface area contributed by atoms with E-state index in [9.17, 15) is 0 Å². The monoisotopic (exact) mass is 190 g/mol. The number of pyridine rings is 1. The Hall–Kier alpha value is -0.890. The molecule has 1 fully saturated rings. The predicted octanol–water partition coefficient (Wildman–Crippen LogP) is 2.00. The Labute approximate surface area is 85.5 Å². The number of rotatable bonds is 3. The van der Waals surface area contributed by atoms with Gasteiger partial charge in [-0.15, -0.1) is 0 Å². The van der Waals surface area contributed by atoms with Crippen LogP contribution in [-0.2, 0) is 6.42 Å². The van der Waals surface area contributed by atoms with Crippen LogP contribution in [0.1, 0.15) is 25.8 Å². The summed E-state index contributed by atoms with van der Waals surface area (Å²) in [5.74, 6) is 0.697. The normalized spacial score (nSPS) is 25.8. The van der Waals surface area contributed by atoms with Gasteiger partial charge in [0.15, 0.2) is 0 Å². The van der Waals surface area contributed by atoms with Crippen LogP contribution in [0.25, 0.3) is 0 Å². The minimum Gasteiger partial charge on any atom is -0.327 e. The van der Waals surface area contributed by atoms with Crippen LogP contribution in [-0.4, -0.2) is 11.0 Å². The standard InChI is InChI=1S/C12H18N2/c1-12(2)7-10(12)11(13)6-9-4-3-5-14-8-9/h3-5,8,10-11H,6-7,13H2,1-2H3. The molecular formula is C12H18N2. The first-order valence-electron chi connectivity index (χ1n) is 5.24. The molecule has 0 aliphatic heterocycles. The highest BCUT2D eigenvalue weighted by Gasteiger charge is 2.48. The average molecular weight is 190 g/mol. The van der Waals surface area contributed by atoms with E-state index < -0.39 is 0 Å². The Balaban J connectivity index is 1.93. The van der Waals surface area contributed by atoms with E-state index in [1.807, 2.05) is 12.3 Å². The van der Waals surface area contributed by atoms with Crippen molar-refractivity contribution < 1.29 is 0 Å². The van der Waals surface area contributed by atoms with Gasteiger partial charge < -0.3 is 5.73 Å². The molecule has 0 bridgehead atoms. The number of nitrogens with zero attached hydrogens (tertiary/aromatic N) is 1. The molecule has 1 aliphatic carbocycles. The van der Waals surface area contributed by atoms with Crippen LogP contribution in [0.4, 0.5) is 0 Å². The van der Waals surface area contributed by atoms with Crippen molar-refractivity contribution in [3.8, 4) is 0 Å². The molecule has 2 atom stereocenters. The Kier molecular flexibility index (Phi) is 2.31. The lowest BCUT2D eigenvalue weighted by atomic mass is 9.99. The number of hydrogen-bond acceptors (Lipinski definition) is 2. The maximum atomic E-state index is 6.16. The van der Waals surface area contributed by atoms with Crippen LogP contribution < -0.4 is 5.73 Å². The van der Waals surface area contributed by atoms with E-state index in [-0.39, 0.29) is 0 Å². The highest BCUT2D eigenvalue weighted by molar-refractivity contribution is 5.13. The second-order valence-electron chi connectivity index (χ2n) is 5.03. The summed E-state index contributed by atoms with van der Waals surface area (Å²) < 4.78 is 0. The van der Waals surface area contributed by atoms with Crippen molar-refractivity contribution in [2.45, 2.75) is 32.7 Å². The van der Waals surface area contributed by atoms with Crippen LogP contribution in [0.5, 0.6) is 0 Å². The molecule has 0 amide bonds. The van der Waals surface area contributed by atoms with Crippen molar-refractivity contribution in [2.75, 3.05) is 0 Å². The first-order valence-corrected chi connectivity index (χ1v) is 5.24. The topological polar surface area (TPSA) is 38.9 Å². The van der Waals surface area contributed by atoms with Crippen molar-refractivity contribution in [1.82, 2.24) is 4.98 Å². The SMILES string of the molecule is CC1(C)CC1C(N)Cc1cccnc1. The maximum absolute atomic E-state index is 6.16. The van der Waals surface area contributed by atoms with Crippen LogP contribution in [0.3, 0.4) is 0 Å². The summed E-state index contributed by atoms with van der Waals surface area (Å²) in [7, 11) is 0. The lowest BCUT2D eigenvalue weighted by molar-refractivity contribution is 0.476. The summed E-state index contributed by atoms with van der Waals surface area (Å²) in [6.07, 6.45) is 5.95. The maximum Gasteiger partial charge on any atom is 0.0300 e. The average Bonchev–Trinajstić information content (AvgIpc) is 2.77. The molecule has 1 saturated carbocycles. The van der Waals surface area contributed by atoms with Crippen LogP contribution >= 0.6 is 0 Å². The zero-order valence-electron chi connectivity index (χ0n) is 8.90. The summed E-state index contributed by atoms with van der Waals surface area (Å²) >= 11 is 0. The van der Waals surface area contributed by atoms with Gasteiger partial charge in [-0.1, -0.05) is 19.9 Å². The van der Waals surface area contributed by atoms with Crippen molar-refractivity contribution in [2.24, 2.45) is 17.1 Å². The summed E-state index contributed by atoms with van der Waals surface area (Å²) in [4.78, 5) is 4.10. The molecule has 0 aromatic carbocycles. The Morgan fingerprint density at radius 3 is 2.86 bits per heavy atom. The number of nitrogens with two attached hydrogens (primary N) is 1. The molecule has 14 heavy (non-hydrogen) atoms. The fourth-order valence-corrected chi connectivity index (χ4v) is 2.17. The fourth-order valence-electron chi connectivity index (χ4n) is 2.17. The third-order valence-electron chi connectivity index (χ3n) is 3.30. The summed E-state index contributed by atoms with van der Waals surface area (Å²) in [6, 6.07) is 4.37. The van der Waals surface area contributed by atoms with Gasteiger partial charge in [0, 0.05) is 18.4 Å². The molecule has 2 rings (SSSR count). The second kappa shape index (κ2) is 3.35. The van der Waals surface area contributed by atoms with E-state index in [1.54, 1.807) is 6.20 Å². The van der Waals surface area contributed by atoms with Gasteiger partial charge in [-0.2, -0.15) is 0 Å². The van der Waals surface area contributed by atoms with E-state index in [0.29, 0.717) is 17.4 Å². The van der Waals surface area contributed by atoms with Gasteiger partial charge in [-0.05, 0) is 35.8 Å². The summed E-state index contributed by atoms with van der Waals surface area (Å²) in [6.45, 7) is 4.58. The van der Waals surface area contributed by atoms with E-state index in [2.05, 4.69) is 24.9 Å². The molecule has 1 heterocycles. The molecule has 0 spiro atoms. The lowest BCUT2D eigenvalue weighted by Gasteiger charge is -2.12. The second-order valence-corrected chi connectivity index (χ2v) is 5.03. The minimum atomic E-state index is 0.300. The third-order valence-corrected chi connectivity index (χ3v) is 3.30. The predicted molar refractivity (Wildman–Crippen MR) is 57.8 cm³/mol. The van der Waals surface area contributed by atoms with Crippen molar-refractivity contribution in [3.63, 3.8) is 0 Å². The molecule has 1 aromatic heterocycles. The van der Waals surface area contributed by atoms with Gasteiger partial charge in [-0.3, -0.25) is 4.98 Å². The van der Waals surface area contributed by atoms with Gasteiger partial charge in [0.05, 0.1) is 0 Å². The van der Waals surface area contributed by atoms with Gasteiger partial charge in [0.25, 0.3) is 0 Å². The highest BCUT2D eigenvalue weighted by atomic mass is 14.7. The minimum absolute atomic E-state index is 0.300. The van der Waals surface area contributed by atoms with Gasteiger partial charge in [0.1, 0.15) is 0 Å². The van der Waals surface area contributed by atoms with Gasteiger partial charge >= 0.3 is 0 Å². The Morgan fingerprint density at radius 1 is 1.64 bits per heavy atom. The molecule has 1 aliphatic rings.